The second-order valence-corrected chi connectivity index (χ2v) is 3.77. The van der Waals surface area contributed by atoms with Gasteiger partial charge in [0.2, 0.25) is 5.76 Å². The third-order valence-corrected chi connectivity index (χ3v) is 2.71. The van der Waals surface area contributed by atoms with Crippen LogP contribution in [0.15, 0.2) is 28.8 Å². The normalized spacial score (nSPS) is 13.2. The Hall–Kier alpha value is -2.30. The van der Waals surface area contributed by atoms with E-state index in [9.17, 15) is 4.79 Å². The lowest BCUT2D eigenvalue weighted by Gasteiger charge is -2.03. The predicted molar refractivity (Wildman–Crippen MR) is 58.1 cm³/mol. The molecule has 0 bridgehead atoms. The van der Waals surface area contributed by atoms with E-state index in [4.69, 9.17) is 14.4 Å². The van der Waals surface area contributed by atoms with Crippen LogP contribution in [-0.2, 0) is 6.42 Å². The van der Waals surface area contributed by atoms with Crippen molar-refractivity contribution in [1.82, 2.24) is 5.16 Å². The second kappa shape index (κ2) is 3.62. The van der Waals surface area contributed by atoms with E-state index in [1.165, 1.54) is 6.07 Å². The average Bonchev–Trinajstić information content (AvgIpc) is 2.97. The zero-order chi connectivity index (χ0) is 11.8. The number of hydrogen-bond acceptors (Lipinski definition) is 4. The zero-order valence-electron chi connectivity index (χ0n) is 8.84. The fourth-order valence-corrected chi connectivity index (χ4v) is 1.92. The van der Waals surface area contributed by atoms with Crippen molar-refractivity contribution in [2.75, 3.05) is 6.61 Å². The van der Waals surface area contributed by atoms with Crippen LogP contribution in [0.5, 0.6) is 5.75 Å². The topological polar surface area (TPSA) is 72.6 Å². The van der Waals surface area contributed by atoms with Crippen molar-refractivity contribution >= 4 is 5.97 Å². The first-order chi connectivity index (χ1) is 8.25. The van der Waals surface area contributed by atoms with Gasteiger partial charge in [-0.3, -0.25) is 0 Å². The predicted octanol–water partition coefficient (Wildman–Crippen LogP) is 1.97. The number of aromatic carboxylic acids is 1. The molecule has 5 nitrogen and oxygen atoms in total. The molecule has 0 radical (unpaired) electrons. The van der Waals surface area contributed by atoms with E-state index in [1.54, 1.807) is 0 Å². The highest BCUT2D eigenvalue weighted by Crippen LogP contribution is 2.36. The molecular formula is C12H9NO4. The quantitative estimate of drug-likeness (QED) is 0.855. The number of benzene rings is 1. The third kappa shape index (κ3) is 1.56. The number of ether oxygens (including phenoxy) is 1. The lowest BCUT2D eigenvalue weighted by atomic mass is 10.1. The highest BCUT2D eigenvalue weighted by atomic mass is 16.5. The maximum atomic E-state index is 10.7. The molecule has 1 aromatic heterocycles. The minimum absolute atomic E-state index is 0.171. The molecule has 5 heteroatoms. The van der Waals surface area contributed by atoms with Gasteiger partial charge in [-0.1, -0.05) is 17.3 Å². The number of aromatic nitrogens is 1. The molecule has 2 aromatic rings. The van der Waals surface area contributed by atoms with Crippen LogP contribution in [0.3, 0.4) is 0 Å². The molecule has 0 fully saturated rings. The second-order valence-electron chi connectivity index (χ2n) is 3.77. The van der Waals surface area contributed by atoms with Gasteiger partial charge in [-0.15, -0.1) is 0 Å². The van der Waals surface area contributed by atoms with Gasteiger partial charge in [0, 0.05) is 18.1 Å². The molecule has 17 heavy (non-hydrogen) atoms. The summed E-state index contributed by atoms with van der Waals surface area (Å²) < 4.78 is 10.3. The van der Waals surface area contributed by atoms with Crippen molar-refractivity contribution < 1.29 is 19.2 Å². The maximum Gasteiger partial charge on any atom is 0.374 e. The molecule has 0 amide bonds. The summed E-state index contributed by atoms with van der Waals surface area (Å²) in [7, 11) is 0. The Bertz CT molecular complexity index is 588. The molecule has 86 valence electrons. The summed E-state index contributed by atoms with van der Waals surface area (Å²) in [4.78, 5) is 10.7. The summed E-state index contributed by atoms with van der Waals surface area (Å²) in [6, 6.07) is 7.13. The van der Waals surface area contributed by atoms with Crippen molar-refractivity contribution in [3.8, 4) is 17.0 Å². The smallest absolute Gasteiger partial charge is 0.374 e. The minimum atomic E-state index is -1.13. The van der Waals surface area contributed by atoms with Gasteiger partial charge in [0.25, 0.3) is 0 Å². The van der Waals surface area contributed by atoms with Crippen molar-refractivity contribution in [3.63, 3.8) is 0 Å². The number of nitrogens with zero attached hydrogens (tertiary/aromatic N) is 1. The van der Waals surface area contributed by atoms with Gasteiger partial charge in [-0.05, 0) is 11.6 Å². The van der Waals surface area contributed by atoms with Gasteiger partial charge in [-0.2, -0.15) is 0 Å². The number of rotatable bonds is 2. The van der Waals surface area contributed by atoms with Gasteiger partial charge in [0.05, 0.1) is 6.61 Å². The van der Waals surface area contributed by atoms with Crippen LogP contribution in [0.25, 0.3) is 11.3 Å². The van der Waals surface area contributed by atoms with Crippen LogP contribution in [-0.4, -0.2) is 22.8 Å². The monoisotopic (exact) mass is 231 g/mol. The van der Waals surface area contributed by atoms with E-state index in [0.29, 0.717) is 12.3 Å². The van der Waals surface area contributed by atoms with Crippen LogP contribution in [0.1, 0.15) is 16.1 Å². The molecule has 3 rings (SSSR count). The summed E-state index contributed by atoms with van der Waals surface area (Å²) in [5.41, 5.74) is 2.37. The molecule has 0 saturated carbocycles. The van der Waals surface area contributed by atoms with E-state index in [0.717, 1.165) is 23.3 Å². The first-order valence-electron chi connectivity index (χ1n) is 5.21. The lowest BCUT2D eigenvalue weighted by molar-refractivity contribution is 0.0652. The molecule has 1 aliphatic heterocycles. The van der Waals surface area contributed by atoms with Gasteiger partial charge >= 0.3 is 5.97 Å². The molecule has 0 aliphatic carbocycles. The first-order valence-corrected chi connectivity index (χ1v) is 5.21. The highest BCUT2D eigenvalue weighted by molar-refractivity contribution is 5.86. The number of hydrogen-bond donors (Lipinski definition) is 1. The largest absolute Gasteiger partial charge is 0.492 e. The summed E-state index contributed by atoms with van der Waals surface area (Å²) in [5, 5.41) is 12.5. The Morgan fingerprint density at radius 3 is 3.06 bits per heavy atom. The van der Waals surface area contributed by atoms with Gasteiger partial charge < -0.3 is 14.4 Å². The van der Waals surface area contributed by atoms with Gasteiger partial charge in [-0.25, -0.2) is 4.79 Å². The van der Waals surface area contributed by atoms with Gasteiger partial charge in [0.1, 0.15) is 11.4 Å². The van der Waals surface area contributed by atoms with Crippen LogP contribution < -0.4 is 4.74 Å². The average molecular weight is 231 g/mol. The highest BCUT2D eigenvalue weighted by Gasteiger charge is 2.20. The fraction of sp³-hybridized carbons (Fsp3) is 0.167. The summed E-state index contributed by atoms with van der Waals surface area (Å²) >= 11 is 0. The van der Waals surface area contributed by atoms with Crippen LogP contribution in [0.2, 0.25) is 0 Å². The lowest BCUT2D eigenvalue weighted by Crippen LogP contribution is -1.91. The summed E-state index contributed by atoms with van der Waals surface area (Å²) in [6.45, 7) is 0.649. The Balaban J connectivity index is 2.09. The van der Waals surface area contributed by atoms with Crippen LogP contribution >= 0.6 is 0 Å². The van der Waals surface area contributed by atoms with Crippen molar-refractivity contribution in [3.05, 3.63) is 35.6 Å². The molecule has 1 N–H and O–H groups in total. The molecule has 2 heterocycles. The number of carboxylic acid groups (broad SMARTS) is 1. The minimum Gasteiger partial charge on any atom is -0.492 e. The summed E-state index contributed by atoms with van der Waals surface area (Å²) in [6.07, 6.45) is 0.868. The molecule has 0 saturated heterocycles. The number of para-hydroxylation sites is 1. The maximum absolute atomic E-state index is 10.7. The first kappa shape index (κ1) is 9.89. The Kier molecular flexibility index (Phi) is 2.11. The van der Waals surface area contributed by atoms with E-state index >= 15 is 0 Å². The fourth-order valence-electron chi connectivity index (χ4n) is 1.92. The van der Waals surface area contributed by atoms with Crippen molar-refractivity contribution in [2.45, 2.75) is 6.42 Å². The molecule has 0 unspecified atom stereocenters. The van der Waals surface area contributed by atoms with Crippen molar-refractivity contribution in [1.29, 1.82) is 0 Å². The number of carbonyl (C=O) groups is 1. The van der Waals surface area contributed by atoms with Crippen LogP contribution in [0.4, 0.5) is 0 Å². The zero-order valence-corrected chi connectivity index (χ0v) is 8.84. The van der Waals surface area contributed by atoms with E-state index in [-0.39, 0.29) is 5.76 Å². The molecule has 1 aromatic carbocycles. The number of carboxylic acids is 1. The molecule has 0 atom stereocenters. The SMILES string of the molecule is O=C(O)c1cc(-c2cccc3c2OCC3)no1. The standard InChI is InChI=1S/C12H9NO4/c14-12(15)10-6-9(13-17-10)8-3-1-2-7-4-5-16-11(7)8/h1-3,6H,4-5H2,(H,14,15). The molecular weight excluding hydrogens is 222 g/mol. The third-order valence-electron chi connectivity index (χ3n) is 2.71. The summed E-state index contributed by atoms with van der Waals surface area (Å²) in [5.74, 6) is -0.523. The molecule has 0 spiro atoms. The van der Waals surface area contributed by atoms with Gasteiger partial charge in [0.15, 0.2) is 0 Å². The van der Waals surface area contributed by atoms with E-state index in [1.807, 2.05) is 18.2 Å². The van der Waals surface area contributed by atoms with E-state index in [2.05, 4.69) is 5.16 Å². The Labute approximate surface area is 96.6 Å². The Morgan fingerprint density at radius 2 is 2.29 bits per heavy atom. The van der Waals surface area contributed by atoms with Crippen LogP contribution in [0, 0.1) is 0 Å². The van der Waals surface area contributed by atoms with E-state index < -0.39 is 5.97 Å². The number of fused-ring (bicyclic) bond motifs is 1. The molecule has 1 aliphatic rings. The van der Waals surface area contributed by atoms with Crippen molar-refractivity contribution in [2.24, 2.45) is 0 Å². The Morgan fingerprint density at radius 1 is 1.41 bits per heavy atom.